The van der Waals surface area contributed by atoms with Gasteiger partial charge in [-0.1, -0.05) is 103 Å². The number of fused-ring (bicyclic) bond motifs is 7. The molecule has 0 saturated carbocycles. The number of benzene rings is 6. The van der Waals surface area contributed by atoms with E-state index in [0.29, 0.717) is 17.5 Å². The lowest BCUT2D eigenvalue weighted by atomic mass is 9.94. The van der Waals surface area contributed by atoms with Gasteiger partial charge in [-0.3, -0.25) is 9.97 Å². The van der Waals surface area contributed by atoms with Crippen LogP contribution in [-0.4, -0.2) is 34.5 Å². The molecule has 0 aliphatic carbocycles. The number of nitrogens with zero attached hydrogens (tertiary/aromatic N) is 7. The van der Waals surface area contributed by atoms with Gasteiger partial charge in [0.05, 0.1) is 22.2 Å². The number of rotatable bonds is 6. The van der Waals surface area contributed by atoms with Crippen molar-refractivity contribution in [1.29, 1.82) is 0 Å². The summed E-state index contributed by atoms with van der Waals surface area (Å²) in [5.41, 5.74) is 11.3. The van der Waals surface area contributed by atoms with Gasteiger partial charge in [-0.2, -0.15) is 0 Å². The third-order valence-electron chi connectivity index (χ3n) is 10.6. The molecule has 5 aromatic heterocycles. The van der Waals surface area contributed by atoms with Crippen molar-refractivity contribution in [2.24, 2.45) is 0 Å². The molecule has 6 aromatic carbocycles. The highest BCUT2D eigenvalue weighted by molar-refractivity contribution is 6.29. The summed E-state index contributed by atoms with van der Waals surface area (Å²) in [5.74, 6) is 1.77. The van der Waals surface area contributed by atoms with E-state index in [-0.39, 0.29) is 0 Å². The Kier molecular flexibility index (Phi) is 7.67. The van der Waals surface area contributed by atoms with Gasteiger partial charge >= 0.3 is 0 Å². The third kappa shape index (κ3) is 5.60. The van der Waals surface area contributed by atoms with Crippen LogP contribution in [0.4, 0.5) is 0 Å². The fourth-order valence-corrected chi connectivity index (χ4v) is 8.00. The Hall–Kier alpha value is -7.90. The standard InChI is InChI=1S/C50H31N7/c1-2-11-38(12-3-1)57-43-16-7-5-14-40(43)46-44(57)22-21-41-45(46)39-13-4-6-15-42(39)53-47(41)37-10-8-9-36(31-37)32-17-19-33(20-18-32)48-54-49(34-23-27-51-28-24-34)56-50(55-48)35-25-29-52-30-26-35/h1-31H. The minimum absolute atomic E-state index is 0.586. The van der Waals surface area contributed by atoms with Crippen molar-refractivity contribution < 1.29 is 0 Å². The second-order valence-corrected chi connectivity index (χ2v) is 14.0. The van der Waals surface area contributed by atoms with Crippen LogP contribution in [0.3, 0.4) is 0 Å². The van der Waals surface area contributed by atoms with Crippen LogP contribution in [0.25, 0.3) is 106 Å². The average Bonchev–Trinajstić information content (AvgIpc) is 3.64. The number of pyridine rings is 3. The smallest absolute Gasteiger partial charge is 0.164 e. The molecule has 0 spiro atoms. The van der Waals surface area contributed by atoms with E-state index in [1.165, 1.54) is 27.2 Å². The molecule has 57 heavy (non-hydrogen) atoms. The van der Waals surface area contributed by atoms with Crippen molar-refractivity contribution in [3.8, 4) is 62.2 Å². The van der Waals surface area contributed by atoms with Crippen molar-refractivity contribution in [2.45, 2.75) is 0 Å². The van der Waals surface area contributed by atoms with Crippen LogP contribution in [0.1, 0.15) is 0 Å². The molecule has 0 bridgehead atoms. The van der Waals surface area contributed by atoms with E-state index in [2.05, 4.69) is 154 Å². The minimum Gasteiger partial charge on any atom is -0.309 e. The third-order valence-corrected chi connectivity index (χ3v) is 10.6. The van der Waals surface area contributed by atoms with Gasteiger partial charge in [0.1, 0.15) is 0 Å². The van der Waals surface area contributed by atoms with E-state index < -0.39 is 0 Å². The van der Waals surface area contributed by atoms with Crippen molar-refractivity contribution in [1.82, 2.24) is 34.5 Å². The van der Waals surface area contributed by atoms with Gasteiger partial charge in [-0.15, -0.1) is 0 Å². The first-order valence-corrected chi connectivity index (χ1v) is 18.8. The quantitative estimate of drug-likeness (QED) is 0.158. The van der Waals surface area contributed by atoms with Gasteiger partial charge in [0.2, 0.25) is 0 Å². The van der Waals surface area contributed by atoms with Crippen LogP contribution < -0.4 is 0 Å². The molecular weight excluding hydrogens is 699 g/mol. The van der Waals surface area contributed by atoms with Crippen molar-refractivity contribution in [3.05, 3.63) is 189 Å². The summed E-state index contributed by atoms with van der Waals surface area (Å²) in [6.07, 6.45) is 6.98. The molecule has 7 heteroatoms. The zero-order chi connectivity index (χ0) is 37.7. The minimum atomic E-state index is 0.586. The van der Waals surface area contributed by atoms with E-state index in [9.17, 15) is 0 Å². The lowest BCUT2D eigenvalue weighted by Gasteiger charge is -2.13. The molecule has 0 radical (unpaired) electrons. The molecular formula is C50H31N7. The molecule has 0 saturated heterocycles. The van der Waals surface area contributed by atoms with Gasteiger partial charge in [-0.05, 0) is 71.8 Å². The number of hydrogen-bond donors (Lipinski definition) is 0. The Morgan fingerprint density at radius 2 is 0.912 bits per heavy atom. The normalized spacial score (nSPS) is 11.5. The molecule has 0 aliphatic rings. The molecule has 266 valence electrons. The monoisotopic (exact) mass is 729 g/mol. The topological polar surface area (TPSA) is 82.3 Å². The molecule has 0 atom stereocenters. The fourth-order valence-electron chi connectivity index (χ4n) is 8.00. The van der Waals surface area contributed by atoms with Crippen LogP contribution in [0, 0.1) is 0 Å². The predicted octanol–water partition coefficient (Wildman–Crippen LogP) is 11.8. The zero-order valence-corrected chi connectivity index (χ0v) is 30.5. The van der Waals surface area contributed by atoms with Gasteiger partial charge in [0.25, 0.3) is 0 Å². The van der Waals surface area contributed by atoms with Crippen molar-refractivity contribution in [3.63, 3.8) is 0 Å². The lowest BCUT2D eigenvalue weighted by Crippen LogP contribution is -2.00. The molecule has 11 rings (SSSR count). The maximum atomic E-state index is 5.34. The molecule has 0 fully saturated rings. The summed E-state index contributed by atoms with van der Waals surface area (Å²) in [6.45, 7) is 0. The molecule has 0 unspecified atom stereocenters. The first-order chi connectivity index (χ1) is 28.3. The lowest BCUT2D eigenvalue weighted by molar-refractivity contribution is 1.07. The molecule has 5 heterocycles. The summed E-state index contributed by atoms with van der Waals surface area (Å²) < 4.78 is 2.38. The van der Waals surface area contributed by atoms with Crippen LogP contribution in [-0.2, 0) is 0 Å². The highest BCUT2D eigenvalue weighted by atomic mass is 15.0. The summed E-state index contributed by atoms with van der Waals surface area (Å²) in [4.78, 5) is 28.3. The SMILES string of the molecule is c1ccc(-n2c3ccccc3c3c4c(ccc32)c(-c2cccc(-c3ccc(-c5nc(-c6ccncc6)nc(-c6ccncc6)n5)cc3)c2)nc2ccccc24)cc1. The summed E-state index contributed by atoms with van der Waals surface area (Å²) in [5, 5.41) is 5.92. The Morgan fingerprint density at radius 1 is 0.333 bits per heavy atom. The van der Waals surface area contributed by atoms with Crippen molar-refractivity contribution >= 4 is 43.5 Å². The number of aromatic nitrogens is 7. The van der Waals surface area contributed by atoms with Gasteiger partial charge < -0.3 is 4.57 Å². The Balaban J connectivity index is 1.04. The van der Waals surface area contributed by atoms with E-state index in [1.807, 2.05) is 24.3 Å². The molecule has 0 aliphatic heterocycles. The van der Waals surface area contributed by atoms with Crippen LogP contribution >= 0.6 is 0 Å². The average molecular weight is 730 g/mol. The Morgan fingerprint density at radius 3 is 1.61 bits per heavy atom. The van der Waals surface area contributed by atoms with Crippen LogP contribution in [0.15, 0.2) is 189 Å². The summed E-state index contributed by atoms with van der Waals surface area (Å²) in [7, 11) is 0. The van der Waals surface area contributed by atoms with Gasteiger partial charge in [0, 0.05) is 79.7 Å². The molecule has 11 aromatic rings. The molecule has 0 amide bonds. The second kappa shape index (κ2) is 13.4. The molecule has 7 nitrogen and oxygen atoms in total. The highest BCUT2D eigenvalue weighted by Crippen LogP contribution is 2.42. The van der Waals surface area contributed by atoms with Crippen LogP contribution in [0.2, 0.25) is 0 Å². The van der Waals surface area contributed by atoms with Gasteiger partial charge in [-0.25, -0.2) is 19.9 Å². The second-order valence-electron chi connectivity index (χ2n) is 14.0. The van der Waals surface area contributed by atoms with Crippen molar-refractivity contribution in [2.75, 3.05) is 0 Å². The Labute approximate surface area is 327 Å². The number of para-hydroxylation sites is 3. The maximum Gasteiger partial charge on any atom is 0.164 e. The van der Waals surface area contributed by atoms with E-state index >= 15 is 0 Å². The van der Waals surface area contributed by atoms with Crippen LogP contribution in [0.5, 0.6) is 0 Å². The summed E-state index contributed by atoms with van der Waals surface area (Å²) >= 11 is 0. The van der Waals surface area contributed by atoms with E-state index in [0.717, 1.165) is 61.1 Å². The Bertz CT molecular complexity index is 3210. The van der Waals surface area contributed by atoms with E-state index in [1.54, 1.807) is 24.8 Å². The zero-order valence-electron chi connectivity index (χ0n) is 30.5. The highest BCUT2D eigenvalue weighted by Gasteiger charge is 2.20. The molecule has 0 N–H and O–H groups in total. The first-order valence-electron chi connectivity index (χ1n) is 18.8. The number of hydrogen-bond acceptors (Lipinski definition) is 6. The predicted molar refractivity (Wildman–Crippen MR) is 230 cm³/mol. The maximum absolute atomic E-state index is 5.34. The first kappa shape index (κ1) is 32.5. The fraction of sp³-hybridized carbons (Fsp3) is 0. The summed E-state index contributed by atoms with van der Waals surface area (Å²) in [6, 6.07) is 57.1. The van der Waals surface area contributed by atoms with E-state index in [4.69, 9.17) is 19.9 Å². The van der Waals surface area contributed by atoms with Gasteiger partial charge in [0.15, 0.2) is 17.5 Å². The largest absolute Gasteiger partial charge is 0.309 e.